The maximum atomic E-state index is 12.1. The Morgan fingerprint density at radius 2 is 1.48 bits per heavy atom. The summed E-state index contributed by atoms with van der Waals surface area (Å²) in [6.07, 6.45) is 8.65. The van der Waals surface area contributed by atoms with Crippen LogP contribution < -0.4 is 11.5 Å². The number of aryl methyl sites for hydroxylation is 2. The molecule has 0 saturated carbocycles. The second-order valence-corrected chi connectivity index (χ2v) is 7.56. The van der Waals surface area contributed by atoms with Gasteiger partial charge in [-0.1, -0.05) is 23.2 Å². The number of carbonyl (C=O) groups is 2. The van der Waals surface area contributed by atoms with Crippen molar-refractivity contribution in [1.29, 1.82) is 0 Å². The molecule has 172 valence electrons. The highest BCUT2D eigenvalue weighted by Gasteiger charge is 2.16. The van der Waals surface area contributed by atoms with E-state index in [1.165, 1.54) is 12.1 Å². The Balaban J connectivity index is 0.000000195. The molecule has 33 heavy (non-hydrogen) atoms. The number of halogens is 2. The van der Waals surface area contributed by atoms with Gasteiger partial charge in [-0.25, -0.2) is 14.8 Å². The molecule has 2 heterocycles. The van der Waals surface area contributed by atoms with E-state index in [1.807, 2.05) is 17.8 Å². The monoisotopic (exact) mass is 488 g/mol. The normalized spacial score (nSPS) is 9.82. The van der Waals surface area contributed by atoms with Gasteiger partial charge in [0.2, 0.25) is 5.78 Å². The number of nitrogens with two attached hydrogens (primary N) is 2. The Morgan fingerprint density at radius 3 is 1.88 bits per heavy atom. The smallest absolute Gasteiger partial charge is 0.337 e. The molecule has 0 saturated heterocycles. The van der Waals surface area contributed by atoms with Gasteiger partial charge in [-0.2, -0.15) is 0 Å². The Labute approximate surface area is 200 Å². The Hall–Kier alpha value is -3.82. The highest BCUT2D eigenvalue weighted by Crippen LogP contribution is 2.20. The van der Waals surface area contributed by atoms with Crippen molar-refractivity contribution in [1.82, 2.24) is 19.1 Å². The van der Waals surface area contributed by atoms with Gasteiger partial charge in [-0.3, -0.25) is 4.79 Å². The molecule has 4 rings (SSSR count). The largest absolute Gasteiger partial charge is 0.478 e. The van der Waals surface area contributed by atoms with E-state index in [1.54, 1.807) is 60.8 Å². The van der Waals surface area contributed by atoms with E-state index in [0.717, 1.165) is 0 Å². The second-order valence-electron chi connectivity index (χ2n) is 6.69. The third-order valence-electron chi connectivity index (χ3n) is 4.17. The van der Waals surface area contributed by atoms with Crippen molar-refractivity contribution in [3.63, 3.8) is 0 Å². The number of aromatic carboxylic acids is 1. The topological polar surface area (TPSA) is 142 Å². The van der Waals surface area contributed by atoms with Gasteiger partial charge in [-0.05, 0) is 36.4 Å². The third-order valence-corrected chi connectivity index (χ3v) is 4.64. The number of carboxylic acid groups (broad SMARTS) is 1. The summed E-state index contributed by atoms with van der Waals surface area (Å²) in [5.74, 6) is -0.952. The van der Waals surface area contributed by atoms with Crippen molar-refractivity contribution in [3.8, 4) is 0 Å². The lowest BCUT2D eigenvalue weighted by molar-refractivity contribution is 0.0698. The fraction of sp³-hybridized carbons (Fsp3) is 0.0909. The van der Waals surface area contributed by atoms with Crippen LogP contribution in [-0.4, -0.2) is 36.0 Å². The van der Waals surface area contributed by atoms with Gasteiger partial charge in [0, 0.05) is 60.3 Å². The highest BCUT2D eigenvalue weighted by molar-refractivity contribution is 6.31. The quantitative estimate of drug-likeness (QED) is 0.292. The summed E-state index contributed by atoms with van der Waals surface area (Å²) >= 11 is 11.4. The van der Waals surface area contributed by atoms with Gasteiger partial charge in [0.1, 0.15) is 0 Å². The number of rotatable bonds is 3. The molecule has 5 N–H and O–H groups in total. The molecule has 0 unspecified atom stereocenters. The van der Waals surface area contributed by atoms with Gasteiger partial charge in [0.25, 0.3) is 0 Å². The summed E-state index contributed by atoms with van der Waals surface area (Å²) < 4.78 is 3.53. The molecule has 0 aliphatic rings. The van der Waals surface area contributed by atoms with Crippen LogP contribution >= 0.6 is 23.2 Å². The number of imidazole rings is 2. The average molecular weight is 489 g/mol. The number of benzene rings is 2. The molecule has 0 radical (unpaired) electrons. The molecule has 0 atom stereocenters. The fourth-order valence-electron chi connectivity index (χ4n) is 2.47. The molecule has 0 spiro atoms. The van der Waals surface area contributed by atoms with Crippen molar-refractivity contribution in [2.75, 3.05) is 11.5 Å². The lowest BCUT2D eigenvalue weighted by Gasteiger charge is -2.05. The Morgan fingerprint density at radius 1 is 0.909 bits per heavy atom. The summed E-state index contributed by atoms with van der Waals surface area (Å²) in [4.78, 5) is 30.3. The molecule has 0 aliphatic carbocycles. The summed E-state index contributed by atoms with van der Waals surface area (Å²) in [5, 5.41) is 9.40. The van der Waals surface area contributed by atoms with Crippen LogP contribution in [0.4, 0.5) is 11.4 Å². The van der Waals surface area contributed by atoms with E-state index in [2.05, 4.69) is 9.97 Å². The number of anilines is 2. The minimum atomic E-state index is -1.06. The first-order chi connectivity index (χ1) is 15.6. The van der Waals surface area contributed by atoms with Crippen LogP contribution in [0.5, 0.6) is 0 Å². The number of nitrogens with zero attached hydrogens (tertiary/aromatic N) is 4. The highest BCUT2D eigenvalue weighted by atomic mass is 35.5. The third kappa shape index (κ3) is 7.37. The number of ketones is 1. The van der Waals surface area contributed by atoms with Crippen molar-refractivity contribution < 1.29 is 14.7 Å². The minimum absolute atomic E-state index is 0.0394. The Bertz CT molecular complexity index is 1240. The summed E-state index contributed by atoms with van der Waals surface area (Å²) in [7, 11) is 3.69. The minimum Gasteiger partial charge on any atom is -0.478 e. The molecule has 0 aliphatic heterocycles. The Kier molecular flexibility index (Phi) is 9.02. The van der Waals surface area contributed by atoms with E-state index in [0.29, 0.717) is 27.1 Å². The van der Waals surface area contributed by atoms with Crippen LogP contribution in [0.2, 0.25) is 10.0 Å². The number of hydrogen-bond donors (Lipinski definition) is 3. The molecular weight excluding hydrogens is 467 g/mol. The van der Waals surface area contributed by atoms with Gasteiger partial charge in [0.05, 0.1) is 17.5 Å². The molecule has 2 aromatic carbocycles. The second kappa shape index (κ2) is 11.7. The van der Waals surface area contributed by atoms with E-state index >= 15 is 0 Å². The standard InChI is InChI=1S/C11H10ClN3O.C7H6ClNO2.C4H6N2/c1-15-5-4-14-11(15)10(16)8-6-7(12)2-3-9(8)13;8-4-1-2-6(9)5(3-4)7(10)11;1-6-3-2-5-4-6/h2-6H,13H2,1H3;1-3H,9H2,(H,10,11);2-4H,1H3. The molecule has 11 heteroatoms. The number of nitrogen functional groups attached to an aromatic ring is 2. The van der Waals surface area contributed by atoms with E-state index in [9.17, 15) is 9.59 Å². The van der Waals surface area contributed by atoms with Gasteiger partial charge >= 0.3 is 5.97 Å². The first-order valence-corrected chi connectivity index (χ1v) is 10.1. The zero-order valence-corrected chi connectivity index (χ0v) is 19.3. The summed E-state index contributed by atoms with van der Waals surface area (Å²) in [5.41, 5.74) is 12.1. The van der Waals surface area contributed by atoms with Crippen LogP contribution in [0.25, 0.3) is 0 Å². The molecular formula is C22H22Cl2N6O3. The van der Waals surface area contributed by atoms with Crippen LogP contribution in [0.1, 0.15) is 26.5 Å². The van der Waals surface area contributed by atoms with E-state index in [-0.39, 0.29) is 17.0 Å². The number of aromatic nitrogens is 4. The average Bonchev–Trinajstić information content (AvgIpc) is 3.42. The van der Waals surface area contributed by atoms with Crippen LogP contribution in [0, 0.1) is 0 Å². The maximum absolute atomic E-state index is 12.1. The van der Waals surface area contributed by atoms with Crippen LogP contribution in [0.3, 0.4) is 0 Å². The lowest BCUT2D eigenvalue weighted by Crippen LogP contribution is -2.10. The van der Waals surface area contributed by atoms with Crippen LogP contribution in [-0.2, 0) is 14.1 Å². The molecule has 2 aromatic heterocycles. The van der Waals surface area contributed by atoms with Crippen molar-refractivity contribution in [2.45, 2.75) is 0 Å². The van der Waals surface area contributed by atoms with Crippen molar-refractivity contribution in [2.24, 2.45) is 14.1 Å². The van der Waals surface area contributed by atoms with Gasteiger partial charge in [0.15, 0.2) is 5.82 Å². The van der Waals surface area contributed by atoms with Gasteiger partial charge < -0.3 is 25.7 Å². The number of carboxylic acids is 1. The van der Waals surface area contributed by atoms with Crippen LogP contribution in [0.15, 0.2) is 67.5 Å². The number of carbonyl (C=O) groups excluding carboxylic acids is 1. The fourth-order valence-corrected chi connectivity index (χ4v) is 2.81. The zero-order chi connectivity index (χ0) is 24.5. The molecule has 4 aromatic rings. The summed E-state index contributed by atoms with van der Waals surface area (Å²) in [6.45, 7) is 0. The zero-order valence-electron chi connectivity index (χ0n) is 17.8. The first kappa shape index (κ1) is 25.4. The molecule has 0 bridgehead atoms. The van der Waals surface area contributed by atoms with E-state index in [4.69, 9.17) is 39.8 Å². The lowest BCUT2D eigenvalue weighted by atomic mass is 10.1. The van der Waals surface area contributed by atoms with Gasteiger partial charge in [-0.15, -0.1) is 0 Å². The summed E-state index contributed by atoms with van der Waals surface area (Å²) in [6, 6.07) is 9.13. The SMILES string of the molecule is Cn1ccnc1.Cn1ccnc1C(=O)c1cc(Cl)ccc1N.Nc1ccc(Cl)cc1C(=O)O. The molecule has 0 amide bonds. The maximum Gasteiger partial charge on any atom is 0.337 e. The van der Waals surface area contributed by atoms with Crippen molar-refractivity contribution in [3.05, 3.63) is 94.5 Å². The molecule has 0 fully saturated rings. The number of hydrogen-bond acceptors (Lipinski definition) is 6. The first-order valence-electron chi connectivity index (χ1n) is 9.37. The molecule has 9 nitrogen and oxygen atoms in total. The van der Waals surface area contributed by atoms with E-state index < -0.39 is 5.97 Å². The predicted octanol–water partition coefficient (Wildman–Crippen LogP) is 3.93. The van der Waals surface area contributed by atoms with Crippen molar-refractivity contribution >= 4 is 46.3 Å². The predicted molar refractivity (Wildman–Crippen MR) is 129 cm³/mol.